The third-order valence-electron chi connectivity index (χ3n) is 6.37. The minimum Gasteiger partial charge on any atom is -0.478 e. The van der Waals surface area contributed by atoms with Crippen molar-refractivity contribution in [2.45, 2.75) is 19.4 Å². The van der Waals surface area contributed by atoms with Crippen molar-refractivity contribution in [1.82, 2.24) is 5.32 Å². The fraction of sp³-hybridized carbons (Fsp3) is 0.129. The second kappa shape index (κ2) is 11.7. The Bertz CT molecular complexity index is 1520. The van der Waals surface area contributed by atoms with E-state index in [1.54, 1.807) is 12.1 Å². The smallest absolute Gasteiger partial charge is 0.341 e. The number of anilines is 1. The summed E-state index contributed by atoms with van der Waals surface area (Å²) < 4.78 is 16.2. The first-order chi connectivity index (χ1) is 19.4. The zero-order valence-corrected chi connectivity index (χ0v) is 21.6. The lowest BCUT2D eigenvalue weighted by atomic mass is 10.0. The van der Waals surface area contributed by atoms with Gasteiger partial charge < -0.3 is 24.6 Å². The minimum absolute atomic E-state index is 0.0629. The number of carbonyl (C=O) groups excluding carboxylic acids is 2. The van der Waals surface area contributed by atoms with Crippen molar-refractivity contribution in [3.63, 3.8) is 0 Å². The lowest BCUT2D eigenvalue weighted by molar-refractivity contribution is -0.0816. The van der Waals surface area contributed by atoms with Crippen LogP contribution in [0.4, 0.5) is 10.5 Å². The number of ether oxygens (including phenoxy) is 3. The summed E-state index contributed by atoms with van der Waals surface area (Å²) in [7, 11) is 1.36. The van der Waals surface area contributed by atoms with Gasteiger partial charge in [0.25, 0.3) is 0 Å². The van der Waals surface area contributed by atoms with E-state index < -0.39 is 24.3 Å². The molecule has 5 rings (SSSR count). The zero-order chi connectivity index (χ0) is 28.1. The predicted octanol–water partition coefficient (Wildman–Crippen LogP) is 5.91. The lowest BCUT2D eigenvalue weighted by Crippen LogP contribution is -2.40. The van der Waals surface area contributed by atoms with Crippen LogP contribution in [0.3, 0.4) is 0 Å². The molecule has 9 nitrogen and oxygen atoms in total. The van der Waals surface area contributed by atoms with E-state index in [4.69, 9.17) is 14.2 Å². The van der Waals surface area contributed by atoms with Gasteiger partial charge in [0.05, 0.1) is 23.4 Å². The van der Waals surface area contributed by atoms with Gasteiger partial charge >= 0.3 is 18.0 Å². The molecule has 2 amide bonds. The molecule has 0 aromatic heterocycles. The molecule has 4 aromatic rings. The highest BCUT2D eigenvalue weighted by Gasteiger charge is 2.35. The number of fused-ring (bicyclic) bond motifs is 1. The van der Waals surface area contributed by atoms with E-state index in [1.807, 2.05) is 72.8 Å². The second-order valence-electron chi connectivity index (χ2n) is 9.02. The van der Waals surface area contributed by atoms with Crippen molar-refractivity contribution in [2.75, 3.05) is 12.0 Å². The van der Waals surface area contributed by atoms with E-state index in [-0.39, 0.29) is 29.9 Å². The van der Waals surface area contributed by atoms with E-state index in [0.29, 0.717) is 17.1 Å². The Hall–Kier alpha value is -5.15. The van der Waals surface area contributed by atoms with Crippen LogP contribution in [0, 0.1) is 0 Å². The number of carboxylic acids is 1. The summed E-state index contributed by atoms with van der Waals surface area (Å²) >= 11 is 0. The first kappa shape index (κ1) is 26.5. The molecule has 0 saturated heterocycles. The van der Waals surface area contributed by atoms with Gasteiger partial charge in [-0.25, -0.2) is 14.4 Å². The maximum atomic E-state index is 13.6. The number of nitrogens with zero attached hydrogens (tertiary/aromatic N) is 1. The molecule has 1 aliphatic heterocycles. The number of hydrogen-bond donors (Lipinski definition) is 2. The molecular weight excluding hydrogens is 512 g/mol. The van der Waals surface area contributed by atoms with E-state index >= 15 is 0 Å². The Morgan fingerprint density at radius 3 is 2.20 bits per heavy atom. The number of hydrogen-bond acceptors (Lipinski definition) is 6. The van der Waals surface area contributed by atoms with Gasteiger partial charge in [0.2, 0.25) is 6.29 Å². The molecule has 0 saturated carbocycles. The van der Waals surface area contributed by atoms with Crippen molar-refractivity contribution < 1.29 is 33.7 Å². The zero-order valence-electron chi connectivity index (χ0n) is 21.6. The van der Waals surface area contributed by atoms with E-state index in [1.165, 1.54) is 24.1 Å². The molecule has 40 heavy (non-hydrogen) atoms. The third kappa shape index (κ3) is 5.79. The van der Waals surface area contributed by atoms with Gasteiger partial charge in [-0.05, 0) is 47.5 Å². The van der Waals surface area contributed by atoms with Gasteiger partial charge in [-0.1, -0.05) is 60.7 Å². The normalized spacial score (nSPS) is 13.7. The predicted molar refractivity (Wildman–Crippen MR) is 146 cm³/mol. The van der Waals surface area contributed by atoms with Crippen LogP contribution in [0.1, 0.15) is 43.7 Å². The average molecular weight is 539 g/mol. The summed E-state index contributed by atoms with van der Waals surface area (Å²) in [6.45, 7) is 0.245. The maximum Gasteiger partial charge on any atom is 0.341 e. The lowest BCUT2D eigenvalue weighted by Gasteiger charge is -2.25. The second-order valence-corrected chi connectivity index (χ2v) is 9.02. The summed E-state index contributed by atoms with van der Waals surface area (Å²) in [6.07, 6.45) is -1.01. The number of cyclic esters (lactones) is 1. The molecule has 0 fully saturated rings. The molecule has 0 radical (unpaired) electrons. The number of aromatic carboxylic acids is 1. The molecule has 0 spiro atoms. The Kier molecular flexibility index (Phi) is 7.75. The highest BCUT2D eigenvalue weighted by Crippen LogP contribution is 2.37. The standard InChI is InChI=1S/C31H26N2O7/c1-38-30-25-16-26(28(34)35)27(17-24(25)29(36)40-30)33(19-21-8-4-2-5-9-21)31(37)32-18-20-12-14-23(15-13-20)39-22-10-6-3-7-11-22/h2-17,30H,18-19H2,1H3,(H,32,37)(H,34,35). The molecule has 0 bridgehead atoms. The molecule has 1 unspecified atom stereocenters. The minimum atomic E-state index is -1.26. The van der Waals surface area contributed by atoms with Crippen LogP contribution in [0.15, 0.2) is 97.1 Å². The molecule has 0 aliphatic carbocycles. The maximum absolute atomic E-state index is 13.6. The van der Waals surface area contributed by atoms with Crippen LogP contribution in [0.5, 0.6) is 11.5 Å². The van der Waals surface area contributed by atoms with Gasteiger partial charge in [-0.3, -0.25) is 4.90 Å². The molecule has 1 heterocycles. The number of methoxy groups -OCH3 is 1. The summed E-state index contributed by atoms with van der Waals surface area (Å²) in [6, 6.07) is 28.0. The average Bonchev–Trinajstić information content (AvgIpc) is 3.30. The highest BCUT2D eigenvalue weighted by molar-refractivity contribution is 6.05. The largest absolute Gasteiger partial charge is 0.478 e. The first-order valence-electron chi connectivity index (χ1n) is 12.5. The van der Waals surface area contributed by atoms with Crippen LogP contribution in [-0.2, 0) is 22.6 Å². The number of para-hydroxylation sites is 1. The fourth-order valence-electron chi connectivity index (χ4n) is 4.38. The fourth-order valence-corrected chi connectivity index (χ4v) is 4.38. The summed E-state index contributed by atoms with van der Waals surface area (Å²) in [5, 5.41) is 12.9. The number of nitrogens with one attached hydrogen (secondary N) is 1. The van der Waals surface area contributed by atoms with Gasteiger partial charge in [-0.15, -0.1) is 0 Å². The number of urea groups is 1. The molecular formula is C31H26N2O7. The monoisotopic (exact) mass is 538 g/mol. The Morgan fingerprint density at radius 2 is 1.55 bits per heavy atom. The van der Waals surface area contributed by atoms with Gasteiger partial charge in [-0.2, -0.15) is 0 Å². The SMILES string of the molecule is COC1OC(=O)c2cc(N(Cc3ccccc3)C(=O)NCc3ccc(Oc4ccccc4)cc3)c(C(=O)O)cc21. The van der Waals surface area contributed by atoms with E-state index in [0.717, 1.165) is 11.1 Å². The number of amides is 2. The molecule has 2 N–H and O–H groups in total. The Labute approximate surface area is 230 Å². The quantitative estimate of drug-likeness (QED) is 0.255. The van der Waals surface area contributed by atoms with Crippen LogP contribution < -0.4 is 15.0 Å². The van der Waals surface area contributed by atoms with Crippen LogP contribution in [-0.4, -0.2) is 30.2 Å². The highest BCUT2D eigenvalue weighted by atomic mass is 16.7. The topological polar surface area (TPSA) is 114 Å². The molecule has 4 aromatic carbocycles. The van der Waals surface area contributed by atoms with Gasteiger partial charge in [0.1, 0.15) is 11.5 Å². The van der Waals surface area contributed by atoms with E-state index in [2.05, 4.69) is 5.32 Å². The van der Waals surface area contributed by atoms with Crippen molar-refractivity contribution in [1.29, 1.82) is 0 Å². The molecule has 1 aliphatic rings. The summed E-state index contributed by atoms with van der Waals surface area (Å²) in [4.78, 5) is 39.6. The Morgan fingerprint density at radius 1 is 0.900 bits per heavy atom. The van der Waals surface area contributed by atoms with Crippen LogP contribution in [0.2, 0.25) is 0 Å². The van der Waals surface area contributed by atoms with Crippen LogP contribution in [0.25, 0.3) is 0 Å². The van der Waals surface area contributed by atoms with Crippen molar-refractivity contribution in [2.24, 2.45) is 0 Å². The van der Waals surface area contributed by atoms with Crippen LogP contribution >= 0.6 is 0 Å². The van der Waals surface area contributed by atoms with Crippen molar-refractivity contribution in [3.05, 3.63) is 125 Å². The summed E-state index contributed by atoms with van der Waals surface area (Å²) in [5.74, 6) is -0.549. The van der Waals surface area contributed by atoms with Gasteiger partial charge in [0.15, 0.2) is 0 Å². The number of esters is 1. The molecule has 1 atom stereocenters. The van der Waals surface area contributed by atoms with Crippen molar-refractivity contribution in [3.8, 4) is 11.5 Å². The summed E-state index contributed by atoms with van der Waals surface area (Å²) in [5.41, 5.74) is 1.93. The molecule has 202 valence electrons. The van der Waals surface area contributed by atoms with Crippen molar-refractivity contribution >= 4 is 23.7 Å². The number of carbonyl (C=O) groups is 3. The van der Waals surface area contributed by atoms with E-state index in [9.17, 15) is 19.5 Å². The first-order valence-corrected chi connectivity index (χ1v) is 12.5. The third-order valence-corrected chi connectivity index (χ3v) is 6.37. The van der Waals surface area contributed by atoms with Gasteiger partial charge in [0, 0.05) is 19.2 Å². The number of benzene rings is 4. The number of rotatable bonds is 9. The number of carboxylic acid groups (broad SMARTS) is 1. The Balaban J connectivity index is 1.40. The molecule has 9 heteroatoms.